The SMILES string of the molecule is CON(C)S(=O)(=O)c1cc(C(=O)Nc2ccccc2N2CCCCCC2)ccc1Cl. The van der Waals surface area contributed by atoms with Crippen molar-refractivity contribution in [1.29, 1.82) is 0 Å². The zero-order valence-electron chi connectivity index (χ0n) is 17.1. The Morgan fingerprint density at radius 2 is 1.77 bits per heavy atom. The number of carbonyl (C=O) groups is 1. The minimum absolute atomic E-state index is 0.0143. The van der Waals surface area contributed by atoms with Gasteiger partial charge in [0.25, 0.3) is 15.9 Å². The van der Waals surface area contributed by atoms with Gasteiger partial charge in [0.1, 0.15) is 4.90 Å². The lowest BCUT2D eigenvalue weighted by molar-refractivity contribution is -0.0258. The summed E-state index contributed by atoms with van der Waals surface area (Å²) in [7, 11) is -1.49. The molecule has 1 N–H and O–H groups in total. The third kappa shape index (κ3) is 4.95. The number of nitrogens with one attached hydrogen (secondary N) is 1. The molecule has 7 nitrogen and oxygen atoms in total. The van der Waals surface area contributed by atoms with Gasteiger partial charge in [0.15, 0.2) is 0 Å². The van der Waals surface area contributed by atoms with E-state index in [9.17, 15) is 13.2 Å². The van der Waals surface area contributed by atoms with Crippen LogP contribution in [0.4, 0.5) is 11.4 Å². The molecular weight excluding hydrogens is 426 g/mol. The fraction of sp³-hybridized carbons (Fsp3) is 0.381. The van der Waals surface area contributed by atoms with E-state index in [-0.39, 0.29) is 15.5 Å². The van der Waals surface area contributed by atoms with Crippen molar-refractivity contribution in [3.05, 3.63) is 53.1 Å². The van der Waals surface area contributed by atoms with Crippen molar-refractivity contribution in [2.75, 3.05) is 37.5 Å². The Morgan fingerprint density at radius 1 is 1.10 bits per heavy atom. The van der Waals surface area contributed by atoms with E-state index in [4.69, 9.17) is 16.4 Å². The zero-order valence-corrected chi connectivity index (χ0v) is 18.7. The van der Waals surface area contributed by atoms with E-state index in [1.54, 1.807) is 0 Å². The quantitative estimate of drug-likeness (QED) is 0.667. The van der Waals surface area contributed by atoms with Gasteiger partial charge < -0.3 is 10.2 Å². The summed E-state index contributed by atoms with van der Waals surface area (Å²) in [6, 6.07) is 11.8. The third-order valence-corrected chi connectivity index (χ3v) is 7.33. The van der Waals surface area contributed by atoms with E-state index >= 15 is 0 Å². The number of sulfonamides is 1. The predicted molar refractivity (Wildman–Crippen MR) is 118 cm³/mol. The average Bonchev–Trinajstić information content (AvgIpc) is 3.03. The number of halogens is 1. The first-order chi connectivity index (χ1) is 14.3. The number of nitrogens with zero attached hydrogens (tertiary/aromatic N) is 2. The molecule has 2 aromatic carbocycles. The molecule has 1 saturated heterocycles. The smallest absolute Gasteiger partial charge is 0.266 e. The fourth-order valence-corrected chi connectivity index (χ4v) is 4.91. The van der Waals surface area contributed by atoms with E-state index in [0.29, 0.717) is 10.2 Å². The summed E-state index contributed by atoms with van der Waals surface area (Å²) in [5.74, 6) is -0.412. The van der Waals surface area contributed by atoms with Crippen molar-refractivity contribution >= 4 is 38.9 Å². The molecular formula is C21H26ClN3O4S. The molecule has 0 bridgehead atoms. The molecule has 0 aliphatic carbocycles. The molecule has 0 atom stereocenters. The maximum absolute atomic E-state index is 12.9. The van der Waals surface area contributed by atoms with Crippen LogP contribution < -0.4 is 10.2 Å². The van der Waals surface area contributed by atoms with Crippen molar-refractivity contribution < 1.29 is 18.0 Å². The van der Waals surface area contributed by atoms with Crippen LogP contribution in [0, 0.1) is 0 Å². The largest absolute Gasteiger partial charge is 0.370 e. The molecule has 0 aromatic heterocycles. The van der Waals surface area contributed by atoms with Crippen LogP contribution in [0.15, 0.2) is 47.4 Å². The van der Waals surface area contributed by atoms with Crippen LogP contribution in [-0.4, -0.2) is 46.0 Å². The molecule has 1 aliphatic rings. The van der Waals surface area contributed by atoms with Crippen LogP contribution in [0.2, 0.25) is 5.02 Å². The molecule has 0 spiro atoms. The molecule has 1 aliphatic heterocycles. The Labute approximate surface area is 182 Å². The van der Waals surface area contributed by atoms with E-state index in [1.807, 2.05) is 24.3 Å². The highest BCUT2D eigenvalue weighted by atomic mass is 35.5. The number of hydroxylamine groups is 1. The Bertz CT molecular complexity index is 1010. The van der Waals surface area contributed by atoms with Crippen LogP contribution in [-0.2, 0) is 14.9 Å². The highest BCUT2D eigenvalue weighted by Crippen LogP contribution is 2.30. The molecule has 30 heavy (non-hydrogen) atoms. The number of para-hydroxylation sites is 2. The van der Waals surface area contributed by atoms with Crippen molar-refractivity contribution in [1.82, 2.24) is 4.47 Å². The lowest BCUT2D eigenvalue weighted by atomic mass is 10.2. The van der Waals surface area contributed by atoms with E-state index < -0.39 is 15.9 Å². The van der Waals surface area contributed by atoms with Crippen LogP contribution in [0.25, 0.3) is 0 Å². The molecule has 1 fully saturated rings. The summed E-state index contributed by atoms with van der Waals surface area (Å²) >= 11 is 6.09. The Hall–Kier alpha value is -2.13. The fourth-order valence-electron chi connectivity index (χ4n) is 3.44. The first kappa shape index (κ1) is 22.6. The molecule has 0 unspecified atom stereocenters. The predicted octanol–water partition coefficient (Wildman–Crippen LogP) is 4.15. The van der Waals surface area contributed by atoms with Gasteiger partial charge in [-0.3, -0.25) is 9.63 Å². The molecule has 2 aromatic rings. The molecule has 3 rings (SSSR count). The average molecular weight is 452 g/mol. The van der Waals surface area contributed by atoms with Gasteiger partial charge in [0.2, 0.25) is 0 Å². The van der Waals surface area contributed by atoms with Gasteiger partial charge in [-0.25, -0.2) is 8.42 Å². The van der Waals surface area contributed by atoms with Crippen LogP contribution >= 0.6 is 11.6 Å². The Kier molecular flexibility index (Phi) is 7.36. The van der Waals surface area contributed by atoms with Crippen molar-refractivity contribution in [3.63, 3.8) is 0 Å². The highest BCUT2D eigenvalue weighted by Gasteiger charge is 2.25. The van der Waals surface area contributed by atoms with Crippen LogP contribution in [0.1, 0.15) is 36.0 Å². The monoisotopic (exact) mass is 451 g/mol. The summed E-state index contributed by atoms with van der Waals surface area (Å²) < 4.78 is 25.9. The molecule has 1 heterocycles. The molecule has 0 radical (unpaired) electrons. The molecule has 162 valence electrons. The summed E-state index contributed by atoms with van der Waals surface area (Å²) in [4.78, 5) is 19.8. The van der Waals surface area contributed by atoms with Crippen molar-refractivity contribution in [2.45, 2.75) is 30.6 Å². The minimum Gasteiger partial charge on any atom is -0.370 e. The number of rotatable bonds is 6. The topological polar surface area (TPSA) is 78.9 Å². The molecule has 9 heteroatoms. The van der Waals surface area contributed by atoms with Gasteiger partial charge >= 0.3 is 0 Å². The van der Waals surface area contributed by atoms with Gasteiger partial charge in [-0.1, -0.05) is 41.0 Å². The number of anilines is 2. The highest BCUT2D eigenvalue weighted by molar-refractivity contribution is 7.89. The summed E-state index contributed by atoms with van der Waals surface area (Å²) in [5.41, 5.74) is 1.85. The van der Waals surface area contributed by atoms with E-state index in [2.05, 4.69) is 10.2 Å². The van der Waals surface area contributed by atoms with Crippen LogP contribution in [0.5, 0.6) is 0 Å². The van der Waals surface area contributed by atoms with E-state index in [1.165, 1.54) is 45.2 Å². The second-order valence-electron chi connectivity index (χ2n) is 7.12. The molecule has 0 saturated carbocycles. The first-order valence-corrected chi connectivity index (χ1v) is 11.6. The normalized spacial score (nSPS) is 15.1. The van der Waals surface area contributed by atoms with Gasteiger partial charge in [-0.2, -0.15) is 0 Å². The summed E-state index contributed by atoms with van der Waals surface area (Å²) in [5, 5.41) is 2.94. The minimum atomic E-state index is -3.99. The Balaban J connectivity index is 1.88. The van der Waals surface area contributed by atoms with Crippen LogP contribution in [0.3, 0.4) is 0 Å². The standard InChI is InChI=1S/C21H26ClN3O4S/c1-24(29-2)30(27,28)20-15-16(11-12-17(20)22)21(26)23-18-9-5-6-10-19(18)25-13-7-3-4-8-14-25/h5-6,9-12,15H,3-4,7-8,13-14H2,1-2H3,(H,23,26). The Morgan fingerprint density at radius 3 is 2.43 bits per heavy atom. The second-order valence-corrected chi connectivity index (χ2v) is 9.43. The van der Waals surface area contributed by atoms with E-state index in [0.717, 1.165) is 31.6 Å². The lowest BCUT2D eigenvalue weighted by Gasteiger charge is -2.25. The summed E-state index contributed by atoms with van der Waals surface area (Å²) in [6.07, 6.45) is 4.66. The molecule has 1 amide bonds. The second kappa shape index (κ2) is 9.78. The number of benzene rings is 2. The third-order valence-electron chi connectivity index (χ3n) is 5.17. The maximum atomic E-state index is 12.9. The van der Waals surface area contributed by atoms with Gasteiger partial charge in [0, 0.05) is 25.7 Å². The number of amides is 1. The maximum Gasteiger partial charge on any atom is 0.266 e. The summed E-state index contributed by atoms with van der Waals surface area (Å²) in [6.45, 7) is 1.89. The number of hydrogen-bond acceptors (Lipinski definition) is 5. The zero-order chi connectivity index (χ0) is 21.7. The van der Waals surface area contributed by atoms with Crippen molar-refractivity contribution in [2.24, 2.45) is 0 Å². The van der Waals surface area contributed by atoms with Gasteiger partial charge in [-0.05, 0) is 43.2 Å². The number of hydrogen-bond donors (Lipinski definition) is 1. The number of carbonyl (C=O) groups excluding carboxylic acids is 1. The van der Waals surface area contributed by atoms with Gasteiger partial charge in [-0.15, -0.1) is 0 Å². The van der Waals surface area contributed by atoms with Gasteiger partial charge in [0.05, 0.1) is 23.5 Å². The first-order valence-electron chi connectivity index (χ1n) is 9.82. The lowest BCUT2D eigenvalue weighted by Crippen LogP contribution is -2.27. The van der Waals surface area contributed by atoms with Crippen molar-refractivity contribution in [3.8, 4) is 0 Å².